The monoisotopic (exact) mass is 222 g/mol. The summed E-state index contributed by atoms with van der Waals surface area (Å²) in [7, 11) is 0. The van der Waals surface area contributed by atoms with Crippen LogP contribution in [0.2, 0.25) is 0 Å². The molecule has 16 heavy (non-hydrogen) atoms. The molecule has 0 bridgehead atoms. The molecule has 90 valence electrons. The highest BCUT2D eigenvalue weighted by molar-refractivity contribution is 5.43. The van der Waals surface area contributed by atoms with Crippen LogP contribution in [0.1, 0.15) is 47.1 Å². The van der Waals surface area contributed by atoms with Crippen LogP contribution in [-0.4, -0.2) is 10.7 Å². The van der Waals surface area contributed by atoms with E-state index in [4.69, 9.17) is 4.74 Å². The van der Waals surface area contributed by atoms with E-state index < -0.39 is 0 Å². The van der Waals surface area contributed by atoms with E-state index in [1.165, 1.54) is 0 Å². The van der Waals surface area contributed by atoms with Gasteiger partial charge in [-0.2, -0.15) is 0 Å². The van der Waals surface area contributed by atoms with Crippen molar-refractivity contribution in [3.05, 3.63) is 23.8 Å². The number of benzene rings is 1. The first-order valence-corrected chi connectivity index (χ1v) is 5.62. The molecule has 0 heterocycles. The highest BCUT2D eigenvalue weighted by Crippen LogP contribution is 2.34. The van der Waals surface area contributed by atoms with Crippen LogP contribution < -0.4 is 4.74 Å². The summed E-state index contributed by atoms with van der Waals surface area (Å²) < 4.78 is 5.78. The Kier molecular flexibility index (Phi) is 3.22. The van der Waals surface area contributed by atoms with Gasteiger partial charge >= 0.3 is 0 Å². The largest absolute Gasteiger partial charge is 0.508 e. The van der Waals surface area contributed by atoms with Crippen molar-refractivity contribution < 1.29 is 9.84 Å². The van der Waals surface area contributed by atoms with Crippen molar-refractivity contribution in [2.24, 2.45) is 0 Å². The highest BCUT2D eigenvalue weighted by Gasteiger charge is 2.20. The Bertz CT molecular complexity index is 367. The first-order chi connectivity index (χ1) is 7.09. The lowest BCUT2D eigenvalue weighted by Crippen LogP contribution is -2.23. The molecular formula is C14H22O2. The maximum atomic E-state index is 9.81. The fourth-order valence-electron chi connectivity index (χ4n) is 1.53. The molecule has 0 aliphatic heterocycles. The van der Waals surface area contributed by atoms with Gasteiger partial charge in [0.1, 0.15) is 17.1 Å². The van der Waals surface area contributed by atoms with Crippen LogP contribution in [0, 0.1) is 0 Å². The van der Waals surface area contributed by atoms with Gasteiger partial charge in [0.15, 0.2) is 0 Å². The van der Waals surface area contributed by atoms with Crippen molar-refractivity contribution in [3.8, 4) is 11.5 Å². The Morgan fingerprint density at radius 3 is 2.00 bits per heavy atom. The smallest absolute Gasteiger partial charge is 0.120 e. The number of hydrogen-bond donors (Lipinski definition) is 1. The zero-order chi connectivity index (χ0) is 12.6. The van der Waals surface area contributed by atoms with E-state index in [2.05, 4.69) is 20.8 Å². The Hall–Kier alpha value is -1.18. The second-order valence-electron chi connectivity index (χ2n) is 6.14. The lowest BCUT2D eigenvalue weighted by Gasteiger charge is -2.25. The molecule has 1 rings (SSSR count). The highest BCUT2D eigenvalue weighted by atomic mass is 16.5. The van der Waals surface area contributed by atoms with Crippen LogP contribution in [0.15, 0.2) is 18.2 Å². The molecule has 0 aliphatic rings. The molecule has 0 aromatic heterocycles. The minimum atomic E-state index is -0.216. The van der Waals surface area contributed by atoms with Gasteiger partial charge in [0.2, 0.25) is 0 Å². The summed E-state index contributed by atoms with van der Waals surface area (Å²) in [6, 6.07) is 5.41. The average Bonchev–Trinajstić information content (AvgIpc) is 2.04. The number of phenols is 1. The fourth-order valence-corrected chi connectivity index (χ4v) is 1.53. The molecule has 0 spiro atoms. The zero-order valence-electron chi connectivity index (χ0n) is 11.1. The minimum Gasteiger partial charge on any atom is -0.508 e. The van der Waals surface area contributed by atoms with Gasteiger partial charge in [-0.15, -0.1) is 0 Å². The summed E-state index contributed by atoms with van der Waals surface area (Å²) in [5.74, 6) is 1.13. The summed E-state index contributed by atoms with van der Waals surface area (Å²) in [6.45, 7) is 12.2. The van der Waals surface area contributed by atoms with Crippen LogP contribution >= 0.6 is 0 Å². The molecule has 0 aliphatic carbocycles. The van der Waals surface area contributed by atoms with Crippen molar-refractivity contribution in [2.75, 3.05) is 0 Å². The van der Waals surface area contributed by atoms with Gasteiger partial charge in [-0.25, -0.2) is 0 Å². The first-order valence-electron chi connectivity index (χ1n) is 5.62. The Balaban J connectivity index is 3.09. The fraction of sp³-hybridized carbons (Fsp3) is 0.571. The van der Waals surface area contributed by atoms with Gasteiger partial charge in [0, 0.05) is 5.56 Å². The van der Waals surface area contributed by atoms with E-state index in [9.17, 15) is 5.11 Å². The van der Waals surface area contributed by atoms with E-state index in [0.29, 0.717) is 5.75 Å². The van der Waals surface area contributed by atoms with E-state index in [0.717, 1.165) is 11.3 Å². The quantitative estimate of drug-likeness (QED) is 0.781. The summed E-state index contributed by atoms with van der Waals surface area (Å²) in [6.07, 6.45) is 0. The molecule has 1 aromatic carbocycles. The second kappa shape index (κ2) is 4.00. The van der Waals surface area contributed by atoms with E-state index in [1.54, 1.807) is 12.1 Å². The minimum absolute atomic E-state index is 0.0820. The van der Waals surface area contributed by atoms with E-state index in [-0.39, 0.29) is 11.0 Å². The van der Waals surface area contributed by atoms with Gasteiger partial charge in [-0.05, 0) is 44.4 Å². The van der Waals surface area contributed by atoms with Gasteiger partial charge in [0.05, 0.1) is 0 Å². The lowest BCUT2D eigenvalue weighted by atomic mass is 9.86. The van der Waals surface area contributed by atoms with Crippen LogP contribution in [0.5, 0.6) is 11.5 Å². The molecule has 0 unspecified atom stereocenters. The van der Waals surface area contributed by atoms with Gasteiger partial charge in [0.25, 0.3) is 0 Å². The van der Waals surface area contributed by atoms with Crippen LogP contribution in [0.25, 0.3) is 0 Å². The number of phenolic OH excluding ortho intramolecular Hbond substituents is 1. The number of rotatable bonds is 1. The molecule has 2 heteroatoms. The molecule has 0 atom stereocenters. The van der Waals surface area contributed by atoms with Crippen molar-refractivity contribution >= 4 is 0 Å². The third-order valence-corrected chi connectivity index (χ3v) is 2.20. The third kappa shape index (κ3) is 3.44. The molecule has 1 N–H and O–H groups in total. The van der Waals surface area contributed by atoms with Crippen molar-refractivity contribution in [1.29, 1.82) is 0 Å². The van der Waals surface area contributed by atoms with Gasteiger partial charge < -0.3 is 9.84 Å². The first kappa shape index (κ1) is 12.9. The molecule has 1 aromatic rings. The maximum Gasteiger partial charge on any atom is 0.120 e. The molecule has 0 radical (unpaired) electrons. The van der Waals surface area contributed by atoms with Crippen LogP contribution in [-0.2, 0) is 5.41 Å². The summed E-state index contributed by atoms with van der Waals surface area (Å²) in [5, 5.41) is 9.81. The Morgan fingerprint density at radius 1 is 1.00 bits per heavy atom. The SMILES string of the molecule is CC(C)(C)Oc1ccc(O)c(C(C)(C)C)c1. The molecule has 0 amide bonds. The van der Waals surface area contributed by atoms with Gasteiger partial charge in [-0.3, -0.25) is 0 Å². The lowest BCUT2D eigenvalue weighted by molar-refractivity contribution is 0.130. The third-order valence-electron chi connectivity index (χ3n) is 2.20. The van der Waals surface area contributed by atoms with Crippen molar-refractivity contribution in [1.82, 2.24) is 0 Å². The standard InChI is InChI=1S/C14H22O2/c1-13(2,3)11-9-10(7-8-12(11)15)16-14(4,5)6/h7-9,15H,1-6H3. The maximum absolute atomic E-state index is 9.81. The Morgan fingerprint density at radius 2 is 1.56 bits per heavy atom. The van der Waals surface area contributed by atoms with E-state index in [1.807, 2.05) is 26.8 Å². The average molecular weight is 222 g/mol. The second-order valence-corrected chi connectivity index (χ2v) is 6.14. The predicted molar refractivity (Wildman–Crippen MR) is 67.2 cm³/mol. The Labute approximate surface area is 98.3 Å². The molecular weight excluding hydrogens is 200 g/mol. The molecule has 0 fully saturated rings. The number of hydrogen-bond acceptors (Lipinski definition) is 2. The van der Waals surface area contributed by atoms with E-state index >= 15 is 0 Å². The van der Waals surface area contributed by atoms with Crippen molar-refractivity contribution in [3.63, 3.8) is 0 Å². The number of aromatic hydroxyl groups is 1. The zero-order valence-corrected chi connectivity index (χ0v) is 11.1. The molecule has 0 saturated heterocycles. The molecule has 0 saturated carbocycles. The summed E-state index contributed by atoms with van der Waals surface area (Å²) >= 11 is 0. The normalized spacial score (nSPS) is 12.6. The molecule has 2 nitrogen and oxygen atoms in total. The van der Waals surface area contributed by atoms with Gasteiger partial charge in [-0.1, -0.05) is 20.8 Å². The predicted octanol–water partition coefficient (Wildman–Crippen LogP) is 3.87. The topological polar surface area (TPSA) is 29.5 Å². The summed E-state index contributed by atoms with van der Waals surface area (Å²) in [5.41, 5.74) is 0.613. The number of ether oxygens (including phenoxy) is 1. The van der Waals surface area contributed by atoms with Crippen molar-refractivity contribution in [2.45, 2.75) is 52.6 Å². The van der Waals surface area contributed by atoms with Crippen LogP contribution in [0.3, 0.4) is 0 Å². The summed E-state index contributed by atoms with van der Waals surface area (Å²) in [4.78, 5) is 0. The van der Waals surface area contributed by atoms with Crippen LogP contribution in [0.4, 0.5) is 0 Å².